The van der Waals surface area contributed by atoms with Crippen molar-refractivity contribution < 1.29 is 15.0 Å². The average Bonchev–Trinajstić information content (AvgIpc) is 2.25. The van der Waals surface area contributed by atoms with Gasteiger partial charge in [0.15, 0.2) is 5.60 Å². The number of aliphatic hydroxyl groups is 1. The molecule has 0 amide bonds. The molecule has 0 aliphatic rings. The summed E-state index contributed by atoms with van der Waals surface area (Å²) in [6, 6.07) is 5.54. The molecule has 3 heteroatoms. The summed E-state index contributed by atoms with van der Waals surface area (Å²) in [6.07, 6.45) is 1.81. The van der Waals surface area contributed by atoms with Gasteiger partial charge < -0.3 is 10.2 Å². The Balaban J connectivity index is 3.27. The van der Waals surface area contributed by atoms with E-state index in [-0.39, 0.29) is 6.42 Å². The van der Waals surface area contributed by atoms with Crippen LogP contribution in [-0.2, 0) is 10.4 Å². The number of carboxylic acid groups (broad SMARTS) is 1. The zero-order valence-electron chi connectivity index (χ0n) is 10.7. The van der Waals surface area contributed by atoms with Gasteiger partial charge in [-0.25, -0.2) is 4.79 Å². The number of hydrogen-bond donors (Lipinski definition) is 2. The lowest BCUT2D eigenvalue weighted by Gasteiger charge is -2.27. The minimum atomic E-state index is -1.76. The Morgan fingerprint density at radius 3 is 2.24 bits per heavy atom. The number of carbonyl (C=O) groups is 1. The summed E-state index contributed by atoms with van der Waals surface area (Å²) in [4.78, 5) is 11.4. The van der Waals surface area contributed by atoms with E-state index >= 15 is 0 Å². The average molecular weight is 236 g/mol. The van der Waals surface area contributed by atoms with Crippen LogP contribution in [-0.4, -0.2) is 16.2 Å². The largest absolute Gasteiger partial charge is 0.479 e. The summed E-state index contributed by atoms with van der Waals surface area (Å²) in [5, 5.41) is 19.8. The van der Waals surface area contributed by atoms with Crippen LogP contribution in [0.25, 0.3) is 0 Å². The summed E-state index contributed by atoms with van der Waals surface area (Å²) in [7, 11) is 0. The number of unbranched alkanes of at least 4 members (excludes halogenated alkanes) is 1. The van der Waals surface area contributed by atoms with Crippen LogP contribution >= 0.6 is 0 Å². The molecule has 2 N–H and O–H groups in total. The number of carboxylic acids is 1. The lowest BCUT2D eigenvalue weighted by Crippen LogP contribution is -2.37. The summed E-state index contributed by atoms with van der Waals surface area (Å²) in [5.74, 6) is -1.16. The third-order valence-corrected chi connectivity index (χ3v) is 3.14. The molecule has 17 heavy (non-hydrogen) atoms. The van der Waals surface area contributed by atoms with Gasteiger partial charge >= 0.3 is 5.97 Å². The van der Waals surface area contributed by atoms with E-state index in [4.69, 9.17) is 0 Å². The second kappa shape index (κ2) is 5.32. The zero-order valence-corrected chi connectivity index (χ0v) is 10.7. The van der Waals surface area contributed by atoms with Crippen molar-refractivity contribution >= 4 is 5.97 Å². The highest BCUT2D eigenvalue weighted by molar-refractivity contribution is 5.80. The molecule has 1 rings (SSSR count). The molecule has 0 saturated carbocycles. The first-order valence-corrected chi connectivity index (χ1v) is 5.96. The van der Waals surface area contributed by atoms with E-state index < -0.39 is 11.6 Å². The molecule has 0 heterocycles. The van der Waals surface area contributed by atoms with Gasteiger partial charge in [0.2, 0.25) is 0 Å². The first-order chi connectivity index (χ1) is 7.93. The van der Waals surface area contributed by atoms with Gasteiger partial charge in [-0.1, -0.05) is 31.5 Å². The Kier molecular flexibility index (Phi) is 4.29. The molecule has 0 fully saturated rings. The number of aliphatic carboxylic acids is 1. The molecule has 0 spiro atoms. The Morgan fingerprint density at radius 1 is 1.29 bits per heavy atom. The van der Waals surface area contributed by atoms with Crippen molar-refractivity contribution in [1.82, 2.24) is 0 Å². The Bertz CT molecular complexity index is 392. The monoisotopic (exact) mass is 236 g/mol. The maximum absolute atomic E-state index is 11.4. The van der Waals surface area contributed by atoms with Crippen molar-refractivity contribution in [3.05, 3.63) is 34.9 Å². The van der Waals surface area contributed by atoms with Crippen molar-refractivity contribution in [3.63, 3.8) is 0 Å². The Labute approximate surface area is 102 Å². The second-order valence-corrected chi connectivity index (χ2v) is 4.54. The van der Waals surface area contributed by atoms with E-state index in [0.717, 1.165) is 17.5 Å². The minimum Gasteiger partial charge on any atom is -0.479 e. The molecular weight excluding hydrogens is 216 g/mol. The van der Waals surface area contributed by atoms with Crippen molar-refractivity contribution in [2.24, 2.45) is 0 Å². The van der Waals surface area contributed by atoms with E-state index in [1.165, 1.54) is 0 Å². The van der Waals surface area contributed by atoms with E-state index in [1.807, 2.05) is 39.0 Å². The molecule has 1 aromatic carbocycles. The van der Waals surface area contributed by atoms with Crippen molar-refractivity contribution in [1.29, 1.82) is 0 Å². The fraction of sp³-hybridized carbons (Fsp3) is 0.500. The van der Waals surface area contributed by atoms with Crippen LogP contribution in [0.15, 0.2) is 18.2 Å². The van der Waals surface area contributed by atoms with Gasteiger partial charge in [0.1, 0.15) is 0 Å². The second-order valence-electron chi connectivity index (χ2n) is 4.54. The van der Waals surface area contributed by atoms with Gasteiger partial charge in [-0.2, -0.15) is 0 Å². The lowest BCUT2D eigenvalue weighted by atomic mass is 9.83. The third kappa shape index (κ3) is 2.67. The molecule has 94 valence electrons. The van der Waals surface area contributed by atoms with Crippen LogP contribution < -0.4 is 0 Å². The smallest absolute Gasteiger partial charge is 0.340 e. The predicted molar refractivity (Wildman–Crippen MR) is 67.0 cm³/mol. The highest BCUT2D eigenvalue weighted by atomic mass is 16.4. The SMILES string of the molecule is CCCCC(O)(C(=O)O)c1c(C)cccc1C. The molecule has 0 aromatic heterocycles. The number of benzene rings is 1. The fourth-order valence-electron chi connectivity index (χ4n) is 2.24. The first kappa shape index (κ1) is 13.7. The molecule has 3 nitrogen and oxygen atoms in total. The summed E-state index contributed by atoms with van der Waals surface area (Å²) >= 11 is 0. The molecule has 1 aromatic rings. The van der Waals surface area contributed by atoms with Crippen molar-refractivity contribution in [2.75, 3.05) is 0 Å². The van der Waals surface area contributed by atoms with E-state index in [0.29, 0.717) is 12.0 Å². The van der Waals surface area contributed by atoms with Gasteiger partial charge in [0.25, 0.3) is 0 Å². The van der Waals surface area contributed by atoms with Crippen molar-refractivity contribution in [3.8, 4) is 0 Å². The Morgan fingerprint density at radius 2 is 1.82 bits per heavy atom. The number of aryl methyl sites for hydroxylation is 2. The van der Waals surface area contributed by atoms with Crippen molar-refractivity contribution in [2.45, 2.75) is 45.6 Å². The van der Waals surface area contributed by atoms with E-state index in [1.54, 1.807) is 0 Å². The van der Waals surface area contributed by atoms with Gasteiger partial charge in [-0.15, -0.1) is 0 Å². The van der Waals surface area contributed by atoms with Crippen LogP contribution in [0, 0.1) is 13.8 Å². The van der Waals surface area contributed by atoms with Crippen LogP contribution in [0.1, 0.15) is 42.9 Å². The standard InChI is InChI=1S/C14H20O3/c1-4-5-9-14(17,13(15)16)12-10(2)7-6-8-11(12)3/h6-8,17H,4-5,9H2,1-3H3,(H,15,16). The molecule has 1 atom stereocenters. The summed E-state index contributed by atoms with van der Waals surface area (Å²) in [5.41, 5.74) is 0.434. The van der Waals surface area contributed by atoms with E-state index in [9.17, 15) is 15.0 Å². The van der Waals surface area contributed by atoms with Gasteiger partial charge in [0, 0.05) is 5.56 Å². The molecule has 0 radical (unpaired) electrons. The molecule has 0 saturated heterocycles. The van der Waals surface area contributed by atoms with Gasteiger partial charge in [-0.3, -0.25) is 0 Å². The maximum atomic E-state index is 11.4. The molecular formula is C14H20O3. The number of rotatable bonds is 5. The highest BCUT2D eigenvalue weighted by Crippen LogP contribution is 2.32. The number of hydrogen-bond acceptors (Lipinski definition) is 2. The lowest BCUT2D eigenvalue weighted by molar-refractivity contribution is -0.160. The van der Waals surface area contributed by atoms with Gasteiger partial charge in [0.05, 0.1) is 0 Å². The molecule has 0 aliphatic carbocycles. The van der Waals surface area contributed by atoms with Crippen LogP contribution in [0.5, 0.6) is 0 Å². The summed E-state index contributed by atoms with van der Waals surface area (Å²) < 4.78 is 0. The van der Waals surface area contributed by atoms with Crippen LogP contribution in [0.2, 0.25) is 0 Å². The van der Waals surface area contributed by atoms with Gasteiger partial charge in [-0.05, 0) is 37.8 Å². The Hall–Kier alpha value is -1.35. The predicted octanol–water partition coefficient (Wildman–Crippen LogP) is 2.77. The minimum absolute atomic E-state index is 0.254. The summed E-state index contributed by atoms with van der Waals surface area (Å²) in [6.45, 7) is 5.65. The van der Waals surface area contributed by atoms with Crippen LogP contribution in [0.3, 0.4) is 0 Å². The third-order valence-electron chi connectivity index (χ3n) is 3.14. The molecule has 0 aliphatic heterocycles. The van der Waals surface area contributed by atoms with E-state index in [2.05, 4.69) is 0 Å². The normalized spacial score (nSPS) is 14.4. The van der Waals surface area contributed by atoms with Crippen LogP contribution in [0.4, 0.5) is 0 Å². The fourth-order valence-corrected chi connectivity index (χ4v) is 2.24. The first-order valence-electron chi connectivity index (χ1n) is 5.96. The molecule has 1 unspecified atom stereocenters. The molecule has 0 bridgehead atoms. The topological polar surface area (TPSA) is 57.5 Å². The maximum Gasteiger partial charge on any atom is 0.340 e. The zero-order chi connectivity index (χ0) is 13.1. The highest BCUT2D eigenvalue weighted by Gasteiger charge is 2.39. The quantitative estimate of drug-likeness (QED) is 0.826.